The minimum absolute atomic E-state index is 0.407. The van der Waals surface area contributed by atoms with E-state index in [-0.39, 0.29) is 0 Å². The Bertz CT molecular complexity index is 491. The van der Waals surface area contributed by atoms with E-state index < -0.39 is 0 Å². The summed E-state index contributed by atoms with van der Waals surface area (Å²) in [5.74, 6) is 1.41. The standard InChI is InChI=1S/C9H9N7O3/c1(7-13-10-4-17-7)16(2-8-14-11-5-18-8)3-9-15-12-6-19-9/h4-6H,1-3H2. The molecule has 0 N–H and O–H groups in total. The van der Waals surface area contributed by atoms with E-state index in [2.05, 4.69) is 30.6 Å². The molecule has 0 amide bonds. The molecule has 10 nitrogen and oxygen atoms in total. The Morgan fingerprint density at radius 3 is 1.32 bits per heavy atom. The summed E-state index contributed by atoms with van der Waals surface area (Å²) in [4.78, 5) is 1.90. The Morgan fingerprint density at radius 2 is 1.05 bits per heavy atom. The topological polar surface area (TPSA) is 120 Å². The quantitative estimate of drug-likeness (QED) is 0.602. The second kappa shape index (κ2) is 5.35. The van der Waals surface area contributed by atoms with E-state index in [9.17, 15) is 0 Å². The van der Waals surface area contributed by atoms with E-state index in [1.807, 2.05) is 4.90 Å². The molecule has 0 aliphatic rings. The lowest BCUT2D eigenvalue weighted by Gasteiger charge is -2.15. The Labute approximate surface area is 106 Å². The predicted octanol–water partition coefficient (Wildman–Crippen LogP) is 0.0380. The summed E-state index contributed by atoms with van der Waals surface area (Å²) in [7, 11) is 0. The van der Waals surface area contributed by atoms with Crippen molar-refractivity contribution in [2.75, 3.05) is 0 Å². The van der Waals surface area contributed by atoms with Crippen molar-refractivity contribution in [3.8, 4) is 0 Å². The Kier molecular flexibility index (Phi) is 3.23. The smallest absolute Gasteiger partial charge is 0.230 e. The second-order valence-corrected chi connectivity index (χ2v) is 3.64. The van der Waals surface area contributed by atoms with Crippen molar-refractivity contribution in [2.24, 2.45) is 0 Å². The predicted molar refractivity (Wildman–Crippen MR) is 55.8 cm³/mol. The van der Waals surface area contributed by atoms with Crippen LogP contribution in [0, 0.1) is 0 Å². The molecule has 0 saturated heterocycles. The first-order valence-electron chi connectivity index (χ1n) is 5.37. The average Bonchev–Trinajstić information content (AvgIpc) is 3.10. The van der Waals surface area contributed by atoms with Crippen LogP contribution in [0.3, 0.4) is 0 Å². The molecule has 10 heteroatoms. The molecular weight excluding hydrogens is 254 g/mol. The molecule has 0 bridgehead atoms. The zero-order valence-electron chi connectivity index (χ0n) is 9.71. The van der Waals surface area contributed by atoms with Crippen molar-refractivity contribution < 1.29 is 13.3 Å². The van der Waals surface area contributed by atoms with Gasteiger partial charge in [0.05, 0.1) is 19.6 Å². The lowest BCUT2D eigenvalue weighted by Crippen LogP contribution is -2.23. The van der Waals surface area contributed by atoms with Gasteiger partial charge in [0, 0.05) is 0 Å². The van der Waals surface area contributed by atoms with Crippen LogP contribution in [0.2, 0.25) is 0 Å². The molecule has 98 valence electrons. The summed E-state index contributed by atoms with van der Waals surface area (Å²) < 4.78 is 15.3. The first kappa shape index (κ1) is 11.5. The maximum absolute atomic E-state index is 5.11. The molecule has 0 unspecified atom stereocenters. The van der Waals surface area contributed by atoms with E-state index in [1.165, 1.54) is 19.2 Å². The first-order valence-corrected chi connectivity index (χ1v) is 5.37. The SMILES string of the molecule is c1nnc(CN(Cc2nnco2)Cc2nnco2)o1. The lowest BCUT2D eigenvalue weighted by atomic mass is 10.4. The highest BCUT2D eigenvalue weighted by molar-refractivity contribution is 4.82. The molecule has 3 aromatic heterocycles. The van der Waals surface area contributed by atoms with Gasteiger partial charge in [-0.2, -0.15) is 0 Å². The van der Waals surface area contributed by atoms with Crippen LogP contribution in [0.4, 0.5) is 0 Å². The van der Waals surface area contributed by atoms with Crippen molar-refractivity contribution in [1.82, 2.24) is 35.5 Å². The third-order valence-corrected chi connectivity index (χ3v) is 2.29. The minimum atomic E-state index is 0.407. The summed E-state index contributed by atoms with van der Waals surface area (Å²) in [6.45, 7) is 1.22. The molecule has 0 fully saturated rings. The van der Waals surface area contributed by atoms with Gasteiger partial charge < -0.3 is 13.3 Å². The molecule has 0 saturated carbocycles. The van der Waals surface area contributed by atoms with Gasteiger partial charge in [0.25, 0.3) is 0 Å². The van der Waals surface area contributed by atoms with Gasteiger partial charge in [0.2, 0.25) is 36.9 Å². The zero-order valence-corrected chi connectivity index (χ0v) is 9.71. The first-order chi connectivity index (χ1) is 9.40. The maximum atomic E-state index is 5.11. The van der Waals surface area contributed by atoms with Crippen LogP contribution in [-0.2, 0) is 19.6 Å². The largest absolute Gasteiger partial charge is 0.427 e. The third-order valence-electron chi connectivity index (χ3n) is 2.29. The van der Waals surface area contributed by atoms with E-state index in [0.717, 1.165) is 0 Å². The molecule has 0 spiro atoms. The van der Waals surface area contributed by atoms with Gasteiger partial charge in [0.15, 0.2) is 0 Å². The van der Waals surface area contributed by atoms with Crippen molar-refractivity contribution in [3.63, 3.8) is 0 Å². The normalized spacial score (nSPS) is 11.2. The summed E-state index contributed by atoms with van der Waals surface area (Å²) in [6, 6.07) is 0. The van der Waals surface area contributed by atoms with Crippen LogP contribution in [0.15, 0.2) is 32.4 Å². The van der Waals surface area contributed by atoms with Crippen LogP contribution in [0.5, 0.6) is 0 Å². The van der Waals surface area contributed by atoms with Crippen LogP contribution in [-0.4, -0.2) is 35.5 Å². The van der Waals surface area contributed by atoms with E-state index in [1.54, 1.807) is 0 Å². The van der Waals surface area contributed by atoms with Crippen LogP contribution < -0.4 is 0 Å². The van der Waals surface area contributed by atoms with Crippen LogP contribution in [0.1, 0.15) is 17.7 Å². The van der Waals surface area contributed by atoms with Gasteiger partial charge in [-0.1, -0.05) is 0 Å². The van der Waals surface area contributed by atoms with Gasteiger partial charge in [-0.15, -0.1) is 30.6 Å². The molecule has 3 aromatic rings. The fraction of sp³-hybridized carbons (Fsp3) is 0.333. The monoisotopic (exact) mass is 263 g/mol. The van der Waals surface area contributed by atoms with Crippen molar-refractivity contribution in [2.45, 2.75) is 19.6 Å². The third kappa shape index (κ3) is 2.98. The second-order valence-electron chi connectivity index (χ2n) is 3.64. The van der Waals surface area contributed by atoms with E-state index >= 15 is 0 Å². The van der Waals surface area contributed by atoms with Gasteiger partial charge >= 0.3 is 0 Å². The number of aromatic nitrogens is 6. The molecule has 3 heterocycles. The fourth-order valence-electron chi connectivity index (χ4n) is 1.54. The minimum Gasteiger partial charge on any atom is -0.427 e. The highest BCUT2D eigenvalue weighted by Gasteiger charge is 2.16. The van der Waals surface area contributed by atoms with Gasteiger partial charge in [-0.3, -0.25) is 4.90 Å². The summed E-state index contributed by atoms with van der Waals surface area (Å²) >= 11 is 0. The molecule has 0 aliphatic heterocycles. The lowest BCUT2D eigenvalue weighted by molar-refractivity contribution is 0.184. The molecule has 3 rings (SSSR count). The van der Waals surface area contributed by atoms with E-state index in [4.69, 9.17) is 13.3 Å². The summed E-state index contributed by atoms with van der Waals surface area (Å²) in [5.41, 5.74) is 0. The fourth-order valence-corrected chi connectivity index (χ4v) is 1.54. The van der Waals surface area contributed by atoms with Crippen molar-refractivity contribution >= 4 is 0 Å². The highest BCUT2D eigenvalue weighted by atomic mass is 16.4. The van der Waals surface area contributed by atoms with Crippen molar-refractivity contribution in [3.05, 3.63) is 36.9 Å². The average molecular weight is 263 g/mol. The highest BCUT2D eigenvalue weighted by Crippen LogP contribution is 2.10. The molecule has 0 aliphatic carbocycles. The molecule has 0 aromatic carbocycles. The van der Waals surface area contributed by atoms with Gasteiger partial charge in [0.1, 0.15) is 0 Å². The summed E-state index contributed by atoms with van der Waals surface area (Å²) in [6.07, 6.45) is 3.81. The van der Waals surface area contributed by atoms with Crippen molar-refractivity contribution in [1.29, 1.82) is 0 Å². The molecular formula is C9H9N7O3. The van der Waals surface area contributed by atoms with E-state index in [0.29, 0.717) is 37.3 Å². The van der Waals surface area contributed by atoms with Gasteiger partial charge in [-0.05, 0) is 0 Å². The molecule has 0 atom stereocenters. The number of hydrogen-bond donors (Lipinski definition) is 0. The number of rotatable bonds is 6. The Morgan fingerprint density at radius 1 is 0.684 bits per heavy atom. The Hall–Kier alpha value is -2.62. The summed E-state index contributed by atoms with van der Waals surface area (Å²) in [5, 5.41) is 22.3. The number of nitrogens with zero attached hydrogens (tertiary/aromatic N) is 7. The Balaban J connectivity index is 1.70. The van der Waals surface area contributed by atoms with Crippen LogP contribution >= 0.6 is 0 Å². The molecule has 0 radical (unpaired) electrons. The maximum Gasteiger partial charge on any atom is 0.230 e. The van der Waals surface area contributed by atoms with Gasteiger partial charge in [-0.25, -0.2) is 0 Å². The molecule has 19 heavy (non-hydrogen) atoms. The van der Waals surface area contributed by atoms with Crippen LogP contribution in [0.25, 0.3) is 0 Å². The zero-order chi connectivity index (χ0) is 12.9. The number of hydrogen-bond acceptors (Lipinski definition) is 10.